The predicted octanol–water partition coefficient (Wildman–Crippen LogP) is 2.09. The maximum atomic E-state index is 10.6. The van der Waals surface area contributed by atoms with Crippen molar-refractivity contribution >= 4 is 12.6 Å². The molecular formula is C11H8O4. The zero-order chi connectivity index (χ0) is 10.7. The Labute approximate surface area is 85.5 Å². The number of furan rings is 2. The van der Waals surface area contributed by atoms with Crippen LogP contribution in [0, 0.1) is 0 Å². The number of aldehydes is 2. The Morgan fingerprint density at radius 3 is 1.80 bits per heavy atom. The quantitative estimate of drug-likeness (QED) is 0.715. The summed E-state index contributed by atoms with van der Waals surface area (Å²) in [5.41, 5.74) is 1.49. The van der Waals surface area contributed by atoms with Gasteiger partial charge >= 0.3 is 0 Å². The summed E-state index contributed by atoms with van der Waals surface area (Å²) in [6.07, 6.45) is 4.64. The second-order valence-electron chi connectivity index (χ2n) is 3.03. The van der Waals surface area contributed by atoms with E-state index in [1.807, 2.05) is 0 Å². The van der Waals surface area contributed by atoms with Crippen molar-refractivity contribution in [2.45, 2.75) is 6.42 Å². The van der Waals surface area contributed by atoms with E-state index in [0.29, 0.717) is 19.0 Å². The molecule has 4 heteroatoms. The van der Waals surface area contributed by atoms with Crippen molar-refractivity contribution in [3.63, 3.8) is 0 Å². The fourth-order valence-electron chi connectivity index (χ4n) is 1.40. The van der Waals surface area contributed by atoms with Crippen molar-refractivity contribution < 1.29 is 18.4 Å². The molecule has 0 aromatic carbocycles. The molecule has 0 saturated carbocycles. The Bertz CT molecular complexity index is 434. The molecule has 0 unspecified atom stereocenters. The van der Waals surface area contributed by atoms with Gasteiger partial charge < -0.3 is 8.83 Å². The highest BCUT2D eigenvalue weighted by Crippen LogP contribution is 2.17. The predicted molar refractivity (Wildman–Crippen MR) is 51.0 cm³/mol. The third-order valence-electron chi connectivity index (χ3n) is 2.16. The molecule has 2 aromatic rings. The first-order valence-corrected chi connectivity index (χ1v) is 4.38. The van der Waals surface area contributed by atoms with E-state index in [1.165, 1.54) is 12.5 Å². The second kappa shape index (κ2) is 3.96. The van der Waals surface area contributed by atoms with Crippen LogP contribution in [0.2, 0.25) is 0 Å². The standard InChI is InChI=1S/C11H8O4/c12-6-10-8(1-3-14-10)5-9-2-4-15-11(9)7-13/h1-4,6-7H,5H2. The lowest BCUT2D eigenvalue weighted by Crippen LogP contribution is -1.92. The topological polar surface area (TPSA) is 60.4 Å². The van der Waals surface area contributed by atoms with Crippen LogP contribution >= 0.6 is 0 Å². The van der Waals surface area contributed by atoms with Gasteiger partial charge in [-0.2, -0.15) is 0 Å². The van der Waals surface area contributed by atoms with Crippen LogP contribution in [-0.4, -0.2) is 12.6 Å². The zero-order valence-corrected chi connectivity index (χ0v) is 7.80. The van der Waals surface area contributed by atoms with Crippen LogP contribution in [0.3, 0.4) is 0 Å². The van der Waals surface area contributed by atoms with Crippen LogP contribution in [-0.2, 0) is 6.42 Å². The minimum absolute atomic E-state index is 0.285. The molecule has 0 amide bonds. The summed E-state index contributed by atoms with van der Waals surface area (Å²) in [4.78, 5) is 21.2. The number of rotatable bonds is 4. The van der Waals surface area contributed by atoms with Crippen molar-refractivity contribution in [3.8, 4) is 0 Å². The van der Waals surface area contributed by atoms with Gasteiger partial charge in [0.25, 0.3) is 0 Å². The zero-order valence-electron chi connectivity index (χ0n) is 7.80. The summed E-state index contributed by atoms with van der Waals surface area (Å²) in [5.74, 6) is 0.570. The van der Waals surface area contributed by atoms with Gasteiger partial charge in [0.15, 0.2) is 24.1 Å². The van der Waals surface area contributed by atoms with Crippen LogP contribution in [0.25, 0.3) is 0 Å². The Kier molecular flexibility index (Phi) is 2.49. The monoisotopic (exact) mass is 204 g/mol. The third kappa shape index (κ3) is 1.74. The van der Waals surface area contributed by atoms with Crippen LogP contribution in [0.4, 0.5) is 0 Å². The van der Waals surface area contributed by atoms with Gasteiger partial charge in [-0.25, -0.2) is 0 Å². The van der Waals surface area contributed by atoms with Crippen LogP contribution in [0.15, 0.2) is 33.5 Å². The molecule has 2 aromatic heterocycles. The Balaban J connectivity index is 2.29. The molecule has 0 radical (unpaired) electrons. The fraction of sp³-hybridized carbons (Fsp3) is 0.0909. The minimum atomic E-state index is 0.285. The highest BCUT2D eigenvalue weighted by Gasteiger charge is 2.10. The van der Waals surface area contributed by atoms with Gasteiger partial charge in [-0.3, -0.25) is 9.59 Å². The number of hydrogen-bond acceptors (Lipinski definition) is 4. The van der Waals surface area contributed by atoms with E-state index in [0.717, 1.165) is 11.1 Å². The van der Waals surface area contributed by atoms with Crippen molar-refractivity contribution in [2.24, 2.45) is 0 Å². The molecule has 0 aliphatic carbocycles. The summed E-state index contributed by atoms with van der Waals surface area (Å²) in [6, 6.07) is 3.40. The smallest absolute Gasteiger partial charge is 0.185 e. The summed E-state index contributed by atoms with van der Waals surface area (Å²) >= 11 is 0. The van der Waals surface area contributed by atoms with Crippen molar-refractivity contribution in [2.75, 3.05) is 0 Å². The lowest BCUT2D eigenvalue weighted by Gasteiger charge is -1.95. The largest absolute Gasteiger partial charge is 0.461 e. The Morgan fingerprint density at radius 2 is 1.40 bits per heavy atom. The molecule has 0 bridgehead atoms. The van der Waals surface area contributed by atoms with Crippen LogP contribution in [0.1, 0.15) is 32.2 Å². The lowest BCUT2D eigenvalue weighted by atomic mass is 10.1. The van der Waals surface area contributed by atoms with Gasteiger partial charge in [0.2, 0.25) is 0 Å². The summed E-state index contributed by atoms with van der Waals surface area (Å²) in [7, 11) is 0. The van der Waals surface area contributed by atoms with E-state index in [-0.39, 0.29) is 11.5 Å². The van der Waals surface area contributed by atoms with Gasteiger partial charge in [-0.05, 0) is 12.1 Å². The molecule has 2 rings (SSSR count). The average Bonchev–Trinajstić information content (AvgIpc) is 2.87. The summed E-state index contributed by atoms with van der Waals surface area (Å²) in [5, 5.41) is 0. The van der Waals surface area contributed by atoms with E-state index in [1.54, 1.807) is 12.1 Å². The summed E-state index contributed by atoms with van der Waals surface area (Å²) in [6.45, 7) is 0. The fourth-order valence-corrected chi connectivity index (χ4v) is 1.40. The first-order chi connectivity index (χ1) is 7.35. The molecule has 0 spiro atoms. The lowest BCUT2D eigenvalue weighted by molar-refractivity contribution is 0.109. The minimum Gasteiger partial charge on any atom is -0.461 e. The second-order valence-corrected chi connectivity index (χ2v) is 3.03. The summed E-state index contributed by atoms with van der Waals surface area (Å²) < 4.78 is 9.90. The molecule has 0 aliphatic rings. The third-order valence-corrected chi connectivity index (χ3v) is 2.16. The van der Waals surface area contributed by atoms with Gasteiger partial charge in [-0.1, -0.05) is 0 Å². The van der Waals surface area contributed by atoms with Gasteiger partial charge in [0.1, 0.15) is 0 Å². The molecule has 0 saturated heterocycles. The van der Waals surface area contributed by atoms with Crippen molar-refractivity contribution in [1.29, 1.82) is 0 Å². The van der Waals surface area contributed by atoms with E-state index in [9.17, 15) is 9.59 Å². The van der Waals surface area contributed by atoms with Gasteiger partial charge in [-0.15, -0.1) is 0 Å². The average molecular weight is 204 g/mol. The Morgan fingerprint density at radius 1 is 0.933 bits per heavy atom. The van der Waals surface area contributed by atoms with E-state index in [4.69, 9.17) is 8.83 Å². The maximum Gasteiger partial charge on any atom is 0.185 e. The van der Waals surface area contributed by atoms with Gasteiger partial charge in [0.05, 0.1) is 12.5 Å². The molecule has 0 aliphatic heterocycles. The van der Waals surface area contributed by atoms with Crippen LogP contribution < -0.4 is 0 Å². The molecule has 0 fully saturated rings. The molecule has 76 valence electrons. The first-order valence-electron chi connectivity index (χ1n) is 4.38. The van der Waals surface area contributed by atoms with Crippen LogP contribution in [0.5, 0.6) is 0 Å². The van der Waals surface area contributed by atoms with Crippen molar-refractivity contribution in [1.82, 2.24) is 0 Å². The molecule has 4 nitrogen and oxygen atoms in total. The SMILES string of the molecule is O=Cc1occc1Cc1ccoc1C=O. The normalized spacial score (nSPS) is 10.1. The number of carbonyl (C=O) groups excluding carboxylic acids is 2. The highest BCUT2D eigenvalue weighted by atomic mass is 16.3. The van der Waals surface area contributed by atoms with Crippen molar-refractivity contribution in [3.05, 3.63) is 47.3 Å². The molecule has 15 heavy (non-hydrogen) atoms. The molecule has 0 N–H and O–H groups in total. The van der Waals surface area contributed by atoms with Gasteiger partial charge in [0, 0.05) is 17.5 Å². The first kappa shape index (κ1) is 9.45. The molecule has 0 atom stereocenters. The molecular weight excluding hydrogens is 196 g/mol. The Hall–Kier alpha value is -2.10. The van der Waals surface area contributed by atoms with E-state index < -0.39 is 0 Å². The van der Waals surface area contributed by atoms with E-state index >= 15 is 0 Å². The van der Waals surface area contributed by atoms with E-state index in [2.05, 4.69) is 0 Å². The number of hydrogen-bond donors (Lipinski definition) is 0. The highest BCUT2D eigenvalue weighted by molar-refractivity contribution is 5.75. The maximum absolute atomic E-state index is 10.6. The number of carbonyl (C=O) groups is 2. The molecule has 2 heterocycles.